The van der Waals surface area contributed by atoms with Crippen LogP contribution in [0.25, 0.3) is 10.8 Å². The minimum Gasteiger partial charge on any atom is -0.491 e. The Morgan fingerprint density at radius 1 is 0.785 bits per heavy atom. The Morgan fingerprint density at radius 3 is 2.18 bits per heavy atom. The Morgan fingerprint density at radius 2 is 1.47 bits per heavy atom. The van der Waals surface area contributed by atoms with E-state index in [-0.39, 0.29) is 61.6 Å². The number of pyridine rings is 2. The maximum absolute atomic E-state index is 14.3. The van der Waals surface area contributed by atoms with Crippen molar-refractivity contribution < 1.29 is 52.3 Å². The summed E-state index contributed by atoms with van der Waals surface area (Å²) in [5, 5.41) is 4.97. The quantitative estimate of drug-likeness (QED) is 0.0578. The number of nitrogens with one attached hydrogen (secondary N) is 1. The second-order valence-corrected chi connectivity index (χ2v) is 22.9. The Kier molecular flexibility index (Phi) is 20.8. The zero-order valence-electron chi connectivity index (χ0n) is 47.8. The molecule has 426 valence electrons. The summed E-state index contributed by atoms with van der Waals surface area (Å²) in [6, 6.07) is 26.6. The van der Waals surface area contributed by atoms with E-state index in [0.717, 1.165) is 44.6 Å². The zero-order chi connectivity index (χ0) is 56.7. The van der Waals surface area contributed by atoms with Crippen LogP contribution in [0.3, 0.4) is 0 Å². The van der Waals surface area contributed by atoms with Crippen LogP contribution in [0, 0.1) is 0 Å². The number of ether oxygens (including phenoxy) is 7. The van der Waals surface area contributed by atoms with Gasteiger partial charge in [-0.25, -0.2) is 9.59 Å². The molecule has 3 atom stereocenters. The van der Waals surface area contributed by atoms with Crippen molar-refractivity contribution in [2.75, 3.05) is 109 Å². The number of methoxy groups -OCH3 is 1. The summed E-state index contributed by atoms with van der Waals surface area (Å²) in [6.45, 7) is 21.6. The van der Waals surface area contributed by atoms with Crippen molar-refractivity contribution in [2.45, 2.75) is 103 Å². The molecule has 79 heavy (non-hydrogen) atoms. The van der Waals surface area contributed by atoms with E-state index in [4.69, 9.17) is 38.1 Å². The average Bonchev–Trinajstić information content (AvgIpc) is 3.68. The van der Waals surface area contributed by atoms with E-state index in [1.807, 2.05) is 138 Å². The van der Waals surface area contributed by atoms with E-state index in [1.54, 1.807) is 24.4 Å². The fraction of sp³-hybridized carbons (Fsp3) is 0.508. The number of amides is 4. The lowest BCUT2D eigenvalue weighted by molar-refractivity contribution is -0.122. The maximum atomic E-state index is 14.3. The smallest absolute Gasteiger partial charge is 0.410 e. The van der Waals surface area contributed by atoms with Gasteiger partial charge in [-0.15, -0.1) is 0 Å². The summed E-state index contributed by atoms with van der Waals surface area (Å²) < 4.78 is 40.8. The van der Waals surface area contributed by atoms with Gasteiger partial charge in [0.25, 0.3) is 0 Å². The summed E-state index contributed by atoms with van der Waals surface area (Å²) in [7, 11) is 1.63. The highest BCUT2D eigenvalue weighted by molar-refractivity contribution is 5.99. The van der Waals surface area contributed by atoms with Gasteiger partial charge in [-0.2, -0.15) is 0 Å². The first-order valence-electron chi connectivity index (χ1n) is 27.3. The van der Waals surface area contributed by atoms with E-state index in [0.29, 0.717) is 78.0 Å². The van der Waals surface area contributed by atoms with Crippen LogP contribution >= 0.6 is 0 Å². The summed E-state index contributed by atoms with van der Waals surface area (Å²) in [4.78, 5) is 71.3. The summed E-state index contributed by atoms with van der Waals surface area (Å²) in [5.41, 5.74) is 3.31. The van der Waals surface area contributed by atoms with Gasteiger partial charge in [0.15, 0.2) is 0 Å². The van der Waals surface area contributed by atoms with Crippen molar-refractivity contribution >= 4 is 46.1 Å². The fourth-order valence-electron chi connectivity index (χ4n) is 9.74. The van der Waals surface area contributed by atoms with Crippen molar-refractivity contribution in [1.82, 2.24) is 24.7 Å². The molecule has 5 aromatic rings. The number of hydrogen-bond acceptors (Lipinski definition) is 14. The minimum absolute atomic E-state index is 0.0308. The summed E-state index contributed by atoms with van der Waals surface area (Å²) in [6.07, 6.45) is 5.02. The second-order valence-electron chi connectivity index (χ2n) is 22.9. The molecule has 18 nitrogen and oxygen atoms in total. The average molecular weight is 1090 g/mol. The molecule has 1 N–H and O–H groups in total. The van der Waals surface area contributed by atoms with Gasteiger partial charge in [0, 0.05) is 87.4 Å². The highest BCUT2D eigenvalue weighted by Crippen LogP contribution is 2.40. The molecule has 4 amide bonds. The number of rotatable bonds is 24. The van der Waals surface area contributed by atoms with Crippen molar-refractivity contribution in [3.8, 4) is 5.75 Å². The lowest BCUT2D eigenvalue weighted by Gasteiger charge is -2.45. The van der Waals surface area contributed by atoms with Gasteiger partial charge in [-0.1, -0.05) is 68.4 Å². The molecule has 0 radical (unpaired) electrons. The molecule has 2 aliphatic rings. The van der Waals surface area contributed by atoms with E-state index in [2.05, 4.69) is 35.1 Å². The van der Waals surface area contributed by atoms with E-state index < -0.39 is 23.2 Å². The Labute approximate surface area is 466 Å². The van der Waals surface area contributed by atoms with Crippen molar-refractivity contribution in [3.63, 3.8) is 0 Å². The maximum Gasteiger partial charge on any atom is 0.410 e. The van der Waals surface area contributed by atoms with Gasteiger partial charge in [0.1, 0.15) is 23.6 Å². The first kappa shape index (κ1) is 60.0. The number of nitrogens with zero attached hydrogens (tertiary/aromatic N) is 6. The van der Waals surface area contributed by atoms with E-state index in [9.17, 15) is 19.2 Å². The van der Waals surface area contributed by atoms with Crippen LogP contribution in [0.1, 0.15) is 90.6 Å². The predicted octanol–water partition coefficient (Wildman–Crippen LogP) is 8.89. The standard InChI is InChI=1S/C61H81N7O11/c1-43-37-66(50(41-73-10)38-67(43)58(72)79-60(5,6)7)40-54(69)68-42-61(8,9)55-52(68)33-44(35-63-55)32-47-18-14-15-19-53(47)77-31-30-76-29-28-75-27-26-74-25-24-65(57(71)78-59(2,3)4)39-51(45-16-12-11-13-17-45)56(70)64-49-21-20-48-36-62-23-22-46(48)34-49/h11-23,33-36,43,50-51H,24-32,37-42H2,1-10H3,(H,64,70)/t43-,50-,51-/m1/s1. The second kappa shape index (κ2) is 27.4. The molecular weight excluding hydrogens is 1010 g/mol. The number of carbonyl (C=O) groups is 4. The molecule has 18 heteroatoms. The molecule has 2 aliphatic heterocycles. The van der Waals surface area contributed by atoms with Crippen molar-refractivity contribution in [1.29, 1.82) is 0 Å². The third-order valence-electron chi connectivity index (χ3n) is 13.6. The predicted molar refractivity (Wildman–Crippen MR) is 304 cm³/mol. The van der Waals surface area contributed by atoms with Crippen LogP contribution in [0.15, 0.2) is 104 Å². The largest absolute Gasteiger partial charge is 0.491 e. The molecule has 7 rings (SSSR count). The fourth-order valence-corrected chi connectivity index (χ4v) is 9.74. The van der Waals surface area contributed by atoms with E-state index in [1.165, 1.54) is 4.90 Å². The molecule has 2 aromatic heterocycles. The molecule has 0 aliphatic carbocycles. The van der Waals surface area contributed by atoms with Gasteiger partial charge in [0.05, 0.1) is 76.1 Å². The molecule has 0 saturated carbocycles. The monoisotopic (exact) mass is 1090 g/mol. The lowest BCUT2D eigenvalue weighted by atomic mass is 9.91. The van der Waals surface area contributed by atoms with Gasteiger partial charge in [-0.05, 0) is 101 Å². The van der Waals surface area contributed by atoms with Gasteiger partial charge < -0.3 is 53.2 Å². The number of piperazine rings is 1. The molecular formula is C61H81N7O11. The van der Waals surface area contributed by atoms with Crippen LogP contribution in [0.4, 0.5) is 21.0 Å². The molecule has 0 spiro atoms. The van der Waals surface area contributed by atoms with Crippen molar-refractivity contribution in [2.24, 2.45) is 0 Å². The molecule has 0 unspecified atom stereocenters. The van der Waals surface area contributed by atoms with Gasteiger partial charge >= 0.3 is 12.2 Å². The van der Waals surface area contributed by atoms with Crippen LogP contribution in [0.2, 0.25) is 0 Å². The molecule has 1 fully saturated rings. The van der Waals surface area contributed by atoms with Crippen molar-refractivity contribution in [3.05, 3.63) is 126 Å². The SMILES string of the molecule is COC[C@H]1CN(C(=O)OC(C)(C)C)[C@H](C)CN1CC(=O)N1CC(C)(C)c2ncc(Cc3ccccc3OCCOCCOCCOCCN(C[C@@H](C(=O)Nc3ccc4cnccc4c3)c3ccccc3)C(=O)OC(C)(C)C)cc21. The Balaban J connectivity index is 0.843. The van der Waals surface area contributed by atoms with Gasteiger partial charge in [-0.3, -0.25) is 24.5 Å². The highest BCUT2D eigenvalue weighted by Gasteiger charge is 2.42. The molecule has 0 bridgehead atoms. The minimum atomic E-state index is -0.747. The number of carbonyl (C=O) groups excluding carboxylic acids is 4. The van der Waals surface area contributed by atoms with Crippen LogP contribution in [-0.2, 0) is 49.8 Å². The van der Waals surface area contributed by atoms with Crippen LogP contribution in [0.5, 0.6) is 5.75 Å². The lowest BCUT2D eigenvalue weighted by Crippen LogP contribution is -2.62. The molecule has 4 heterocycles. The first-order chi connectivity index (χ1) is 37.7. The Bertz CT molecular complexity index is 2820. The summed E-state index contributed by atoms with van der Waals surface area (Å²) in [5.74, 6) is -0.247. The number of para-hydroxylation sites is 1. The highest BCUT2D eigenvalue weighted by atomic mass is 16.6. The Hall–Kier alpha value is -6.70. The van der Waals surface area contributed by atoms with E-state index >= 15 is 0 Å². The number of hydrogen-bond donors (Lipinski definition) is 1. The normalized spacial score (nSPS) is 16.8. The van der Waals surface area contributed by atoms with Gasteiger partial charge in [0.2, 0.25) is 11.8 Å². The third kappa shape index (κ3) is 17.4. The first-order valence-corrected chi connectivity index (χ1v) is 27.3. The third-order valence-corrected chi connectivity index (χ3v) is 13.6. The summed E-state index contributed by atoms with van der Waals surface area (Å²) >= 11 is 0. The van der Waals surface area contributed by atoms with Crippen LogP contribution < -0.4 is 15.0 Å². The zero-order valence-corrected chi connectivity index (χ0v) is 47.8. The number of benzene rings is 3. The van der Waals surface area contributed by atoms with Crippen LogP contribution in [-0.4, -0.2) is 171 Å². The number of fused-ring (bicyclic) bond motifs is 2. The molecule has 3 aromatic carbocycles. The topological polar surface area (TPSA) is 184 Å². The number of anilines is 2. The number of aromatic nitrogens is 2. The molecule has 1 saturated heterocycles.